The molecule has 1 aromatic heterocycles. The Hall–Kier alpha value is -4.63. The Morgan fingerprint density at radius 1 is 0.872 bits per heavy atom. The molecule has 0 unspecified atom stereocenters. The number of sulfonamides is 1. The van der Waals surface area contributed by atoms with Crippen LogP contribution in [0.5, 0.6) is 5.75 Å². The predicted octanol–water partition coefficient (Wildman–Crippen LogP) is 4.98. The quantitative estimate of drug-likeness (QED) is 0.269. The molecule has 5 aromatic rings. The van der Waals surface area contributed by atoms with E-state index in [1.165, 1.54) is 17.5 Å². The number of aromatic nitrogens is 2. The molecule has 0 aliphatic rings. The summed E-state index contributed by atoms with van der Waals surface area (Å²) in [7, 11) is -4.16. The van der Waals surface area contributed by atoms with Crippen molar-refractivity contribution in [1.29, 1.82) is 0 Å². The van der Waals surface area contributed by atoms with Gasteiger partial charge in [-0.15, -0.1) is 0 Å². The number of nitrogens with two attached hydrogens (primary N) is 1. The average molecular weight is 541 g/mol. The smallest absolute Gasteiger partial charge is 0.329 e. The zero-order valence-corrected chi connectivity index (χ0v) is 22.0. The van der Waals surface area contributed by atoms with E-state index in [1.54, 1.807) is 35.1 Å². The summed E-state index contributed by atoms with van der Waals surface area (Å²) in [6, 6.07) is 28.5. The first-order valence-electron chi connectivity index (χ1n) is 12.5. The highest BCUT2D eigenvalue weighted by molar-refractivity contribution is 7.89. The first-order chi connectivity index (χ1) is 18.9. The molecule has 0 radical (unpaired) electrons. The van der Waals surface area contributed by atoms with Crippen molar-refractivity contribution in [3.8, 4) is 5.75 Å². The highest BCUT2D eigenvalue weighted by Crippen LogP contribution is 2.26. The van der Waals surface area contributed by atoms with Gasteiger partial charge in [0.1, 0.15) is 5.75 Å². The minimum atomic E-state index is -4.16. The summed E-state index contributed by atoms with van der Waals surface area (Å²) in [5.74, 6) is 0.481. The lowest BCUT2D eigenvalue weighted by molar-refractivity contribution is 0.230. The van der Waals surface area contributed by atoms with Crippen molar-refractivity contribution in [2.75, 3.05) is 6.61 Å². The van der Waals surface area contributed by atoms with Crippen LogP contribution < -0.4 is 10.5 Å². The van der Waals surface area contributed by atoms with Crippen LogP contribution in [0.3, 0.4) is 0 Å². The number of nitrogens with zero attached hydrogens (tertiary/aromatic N) is 3. The zero-order chi connectivity index (χ0) is 27.2. The third-order valence-electron chi connectivity index (χ3n) is 6.39. The number of carbonyl (C=O) groups excluding carboxylic acids is 1. The van der Waals surface area contributed by atoms with E-state index in [0.29, 0.717) is 35.2 Å². The van der Waals surface area contributed by atoms with E-state index < -0.39 is 16.1 Å². The molecule has 8 nitrogen and oxygen atoms in total. The number of ether oxygens (including phenoxy) is 1. The third kappa shape index (κ3) is 6.10. The van der Waals surface area contributed by atoms with Crippen LogP contribution in [0.15, 0.2) is 114 Å². The van der Waals surface area contributed by atoms with Gasteiger partial charge in [-0.05, 0) is 46.2 Å². The molecule has 0 saturated heterocycles. The lowest BCUT2D eigenvalue weighted by atomic mass is 10.1. The molecule has 0 bridgehead atoms. The van der Waals surface area contributed by atoms with Gasteiger partial charge in [0.15, 0.2) is 0 Å². The largest absolute Gasteiger partial charge is 0.493 e. The molecule has 2 N–H and O–H groups in total. The molecule has 5 rings (SSSR count). The average Bonchev–Trinajstić information content (AvgIpc) is 3.46. The first kappa shape index (κ1) is 26.0. The Morgan fingerprint density at radius 3 is 2.36 bits per heavy atom. The van der Waals surface area contributed by atoms with Gasteiger partial charge in [0, 0.05) is 24.4 Å². The Labute approximate surface area is 227 Å². The molecular weight excluding hydrogens is 512 g/mol. The SMILES string of the molecule is NC(=O)N(Cc1ccc(Cn2cccn2)cc1OCCc1ccc2ccccc2c1)S(=O)(=O)c1ccccc1. The normalized spacial score (nSPS) is 11.4. The van der Waals surface area contributed by atoms with Crippen LogP contribution in [0, 0.1) is 0 Å². The van der Waals surface area contributed by atoms with Crippen molar-refractivity contribution in [2.45, 2.75) is 24.4 Å². The zero-order valence-electron chi connectivity index (χ0n) is 21.2. The van der Waals surface area contributed by atoms with Crippen molar-refractivity contribution >= 4 is 26.8 Å². The molecule has 0 atom stereocenters. The number of urea groups is 1. The number of hydrogen-bond acceptors (Lipinski definition) is 5. The van der Waals surface area contributed by atoms with Gasteiger partial charge in [-0.3, -0.25) is 4.68 Å². The Kier molecular flexibility index (Phi) is 7.60. The number of fused-ring (bicyclic) bond motifs is 1. The first-order valence-corrected chi connectivity index (χ1v) is 13.9. The van der Waals surface area contributed by atoms with Crippen LogP contribution in [0.4, 0.5) is 4.79 Å². The standard InChI is InChI=1S/C30H28N4O4S/c31-30(35)34(39(36,37)28-9-2-1-3-10-28)22-27-14-12-24(21-33-17-6-16-32-33)20-29(27)38-18-15-23-11-13-25-7-4-5-8-26(25)19-23/h1-14,16-17,19-20H,15,18,21-22H2,(H2,31,35). The van der Waals surface area contributed by atoms with E-state index in [2.05, 4.69) is 35.4 Å². The van der Waals surface area contributed by atoms with Crippen LogP contribution in [0.25, 0.3) is 10.8 Å². The van der Waals surface area contributed by atoms with Crippen molar-refractivity contribution in [1.82, 2.24) is 14.1 Å². The fraction of sp³-hybridized carbons (Fsp3) is 0.133. The highest BCUT2D eigenvalue weighted by atomic mass is 32.2. The van der Waals surface area contributed by atoms with Crippen LogP contribution in [-0.4, -0.2) is 35.1 Å². The number of benzene rings is 4. The van der Waals surface area contributed by atoms with E-state index >= 15 is 0 Å². The Balaban J connectivity index is 1.40. The monoisotopic (exact) mass is 540 g/mol. The highest BCUT2D eigenvalue weighted by Gasteiger charge is 2.28. The number of carbonyl (C=O) groups is 1. The molecule has 0 aliphatic carbocycles. The van der Waals surface area contributed by atoms with Gasteiger partial charge < -0.3 is 10.5 Å². The molecular formula is C30H28N4O4S. The van der Waals surface area contributed by atoms with Crippen molar-refractivity contribution in [2.24, 2.45) is 5.73 Å². The maximum absolute atomic E-state index is 13.2. The van der Waals surface area contributed by atoms with E-state index in [9.17, 15) is 13.2 Å². The van der Waals surface area contributed by atoms with Crippen LogP contribution in [0.2, 0.25) is 0 Å². The van der Waals surface area contributed by atoms with Gasteiger partial charge in [0.05, 0.1) is 24.6 Å². The topological polar surface area (TPSA) is 108 Å². The fourth-order valence-corrected chi connectivity index (χ4v) is 5.67. The fourth-order valence-electron chi connectivity index (χ4n) is 4.37. The molecule has 39 heavy (non-hydrogen) atoms. The molecule has 1 heterocycles. The minimum Gasteiger partial charge on any atom is -0.493 e. The van der Waals surface area contributed by atoms with Crippen molar-refractivity contribution < 1.29 is 17.9 Å². The van der Waals surface area contributed by atoms with Gasteiger partial charge in [-0.25, -0.2) is 17.5 Å². The molecule has 198 valence electrons. The Bertz CT molecular complexity index is 1690. The van der Waals surface area contributed by atoms with Gasteiger partial charge in [-0.2, -0.15) is 5.10 Å². The van der Waals surface area contributed by atoms with Crippen LogP contribution in [0.1, 0.15) is 16.7 Å². The van der Waals surface area contributed by atoms with Gasteiger partial charge in [0.25, 0.3) is 10.0 Å². The van der Waals surface area contributed by atoms with Gasteiger partial charge in [-0.1, -0.05) is 72.8 Å². The summed E-state index contributed by atoms with van der Waals surface area (Å²) in [6.07, 6.45) is 4.21. The lowest BCUT2D eigenvalue weighted by Gasteiger charge is -2.22. The van der Waals surface area contributed by atoms with E-state index in [0.717, 1.165) is 16.5 Å². The number of amides is 2. The summed E-state index contributed by atoms with van der Waals surface area (Å²) >= 11 is 0. The molecule has 4 aromatic carbocycles. The lowest BCUT2D eigenvalue weighted by Crippen LogP contribution is -2.40. The second-order valence-corrected chi connectivity index (χ2v) is 11.0. The second-order valence-electron chi connectivity index (χ2n) is 9.09. The molecule has 9 heteroatoms. The molecule has 0 saturated carbocycles. The third-order valence-corrected chi connectivity index (χ3v) is 8.15. The van der Waals surface area contributed by atoms with Crippen molar-refractivity contribution in [3.05, 3.63) is 126 Å². The number of hydrogen-bond donors (Lipinski definition) is 1. The van der Waals surface area contributed by atoms with Gasteiger partial charge >= 0.3 is 6.03 Å². The Morgan fingerprint density at radius 2 is 1.62 bits per heavy atom. The number of primary amides is 1. The van der Waals surface area contributed by atoms with Crippen molar-refractivity contribution in [3.63, 3.8) is 0 Å². The van der Waals surface area contributed by atoms with Crippen LogP contribution in [-0.2, 0) is 29.5 Å². The van der Waals surface area contributed by atoms with Crippen LogP contribution >= 0.6 is 0 Å². The summed E-state index contributed by atoms with van der Waals surface area (Å²) in [5.41, 5.74) is 8.11. The van der Waals surface area contributed by atoms with E-state index in [1.807, 2.05) is 36.5 Å². The maximum Gasteiger partial charge on any atom is 0.329 e. The molecule has 0 aliphatic heterocycles. The summed E-state index contributed by atoms with van der Waals surface area (Å²) in [5, 5.41) is 6.58. The minimum absolute atomic E-state index is 0.0159. The second kappa shape index (κ2) is 11.4. The molecule has 0 spiro atoms. The summed E-state index contributed by atoms with van der Waals surface area (Å²) in [4.78, 5) is 12.3. The molecule has 0 fully saturated rings. The van der Waals surface area contributed by atoms with E-state index in [-0.39, 0.29) is 11.4 Å². The predicted molar refractivity (Wildman–Crippen MR) is 150 cm³/mol. The number of rotatable bonds is 10. The molecule has 2 amide bonds. The summed E-state index contributed by atoms with van der Waals surface area (Å²) in [6.45, 7) is 0.606. The van der Waals surface area contributed by atoms with Gasteiger partial charge in [0.2, 0.25) is 0 Å². The summed E-state index contributed by atoms with van der Waals surface area (Å²) < 4.78 is 35.2. The van der Waals surface area contributed by atoms with E-state index in [4.69, 9.17) is 10.5 Å². The maximum atomic E-state index is 13.2.